The molecule has 0 unspecified atom stereocenters. The van der Waals surface area contributed by atoms with Gasteiger partial charge in [0.1, 0.15) is 17.4 Å². The van der Waals surface area contributed by atoms with Crippen molar-refractivity contribution in [3.8, 4) is 11.8 Å². The molecule has 0 aliphatic heterocycles. The number of primary amides is 1. The van der Waals surface area contributed by atoms with E-state index in [1.54, 1.807) is 30.3 Å². The predicted octanol–water partition coefficient (Wildman–Crippen LogP) is 2.00. The number of non-ortho nitro benzene ring substituents is 1. The van der Waals surface area contributed by atoms with Gasteiger partial charge < -0.3 is 15.8 Å². The molecule has 0 heterocycles. The molecule has 0 spiro atoms. The summed E-state index contributed by atoms with van der Waals surface area (Å²) < 4.78 is 5.25. The van der Waals surface area contributed by atoms with Crippen molar-refractivity contribution in [1.82, 2.24) is 0 Å². The lowest BCUT2D eigenvalue weighted by Crippen LogP contribution is -2.20. The Morgan fingerprint density at radius 2 is 2.00 bits per heavy atom. The Morgan fingerprint density at radius 3 is 2.67 bits per heavy atom. The van der Waals surface area contributed by atoms with E-state index in [4.69, 9.17) is 10.5 Å². The number of carbonyl (C=O) groups is 2. The first-order chi connectivity index (χ1) is 12.9. The van der Waals surface area contributed by atoms with Gasteiger partial charge in [-0.1, -0.05) is 24.3 Å². The topological polar surface area (TPSA) is 148 Å². The minimum absolute atomic E-state index is 0.175. The maximum atomic E-state index is 12.3. The Balaban J connectivity index is 2.25. The van der Waals surface area contributed by atoms with Crippen molar-refractivity contribution in [1.29, 1.82) is 5.26 Å². The second-order valence-corrected chi connectivity index (χ2v) is 5.22. The van der Waals surface area contributed by atoms with E-state index in [1.807, 2.05) is 0 Å². The molecule has 2 amide bonds. The molecule has 3 N–H and O–H groups in total. The first-order valence-corrected chi connectivity index (χ1v) is 7.58. The number of nitro benzene ring substituents is 1. The summed E-state index contributed by atoms with van der Waals surface area (Å²) in [7, 11) is 0. The van der Waals surface area contributed by atoms with Crippen LogP contribution in [-0.4, -0.2) is 23.3 Å². The number of ether oxygens (including phenoxy) is 1. The molecule has 0 aliphatic carbocycles. The van der Waals surface area contributed by atoms with Gasteiger partial charge in [0.25, 0.3) is 17.5 Å². The van der Waals surface area contributed by atoms with E-state index in [-0.39, 0.29) is 29.3 Å². The Labute approximate surface area is 153 Å². The van der Waals surface area contributed by atoms with Gasteiger partial charge in [0.15, 0.2) is 6.61 Å². The molecule has 0 atom stereocenters. The first-order valence-electron chi connectivity index (χ1n) is 7.58. The van der Waals surface area contributed by atoms with Crippen LogP contribution in [0.2, 0.25) is 0 Å². The fourth-order valence-corrected chi connectivity index (χ4v) is 2.08. The Hall–Kier alpha value is -4.19. The van der Waals surface area contributed by atoms with E-state index < -0.39 is 16.7 Å². The highest BCUT2D eigenvalue weighted by atomic mass is 16.6. The second-order valence-electron chi connectivity index (χ2n) is 5.22. The summed E-state index contributed by atoms with van der Waals surface area (Å²) in [5.74, 6) is -1.15. The van der Waals surface area contributed by atoms with Crippen LogP contribution in [0, 0.1) is 21.4 Å². The van der Waals surface area contributed by atoms with E-state index in [1.165, 1.54) is 30.3 Å². The monoisotopic (exact) mass is 366 g/mol. The Bertz CT molecular complexity index is 962. The standard InChI is InChI=1S/C18H14N4O5/c19-10-13(8-12-4-1-2-7-16(12)27-11-17(20)23)18(24)21-14-5-3-6-15(9-14)22(25)26/h1-9H,11H2,(H2,20,23)(H,21,24)/b13-8+. The summed E-state index contributed by atoms with van der Waals surface area (Å²) in [6, 6.07) is 13.6. The minimum atomic E-state index is -0.747. The summed E-state index contributed by atoms with van der Waals surface area (Å²) in [5, 5.41) is 22.5. The number of nitrogens with zero attached hydrogens (tertiary/aromatic N) is 2. The minimum Gasteiger partial charge on any atom is -0.483 e. The Kier molecular flexibility index (Phi) is 6.22. The molecule has 0 saturated carbocycles. The van der Waals surface area contributed by atoms with Crippen molar-refractivity contribution >= 4 is 29.3 Å². The molecule has 9 nitrogen and oxygen atoms in total. The van der Waals surface area contributed by atoms with Crippen molar-refractivity contribution < 1.29 is 19.2 Å². The van der Waals surface area contributed by atoms with E-state index in [2.05, 4.69) is 5.32 Å². The zero-order valence-electron chi connectivity index (χ0n) is 13.9. The number of nitrogens with two attached hydrogens (primary N) is 1. The van der Waals surface area contributed by atoms with Crippen LogP contribution in [0.4, 0.5) is 11.4 Å². The number of amides is 2. The van der Waals surface area contributed by atoms with E-state index in [0.717, 1.165) is 0 Å². The summed E-state index contributed by atoms with van der Waals surface area (Å²) in [4.78, 5) is 33.4. The van der Waals surface area contributed by atoms with Crippen LogP contribution in [0.15, 0.2) is 54.1 Å². The van der Waals surface area contributed by atoms with Gasteiger partial charge in [-0.3, -0.25) is 19.7 Å². The van der Waals surface area contributed by atoms with Crippen molar-refractivity contribution in [2.75, 3.05) is 11.9 Å². The summed E-state index contributed by atoms with van der Waals surface area (Å²) in [6.07, 6.45) is 1.28. The van der Waals surface area contributed by atoms with Gasteiger partial charge >= 0.3 is 0 Å². The molecule has 2 rings (SSSR count). The van der Waals surface area contributed by atoms with Crippen LogP contribution in [-0.2, 0) is 9.59 Å². The maximum absolute atomic E-state index is 12.3. The van der Waals surface area contributed by atoms with Gasteiger partial charge in [-0.25, -0.2) is 0 Å². The predicted molar refractivity (Wildman–Crippen MR) is 96.4 cm³/mol. The van der Waals surface area contributed by atoms with Crippen LogP contribution < -0.4 is 15.8 Å². The SMILES string of the molecule is N#C/C(=C\c1ccccc1OCC(N)=O)C(=O)Nc1cccc([N+](=O)[O-])c1. The molecule has 0 bridgehead atoms. The summed E-state index contributed by atoms with van der Waals surface area (Å²) in [6.45, 7) is -0.355. The number of carbonyl (C=O) groups excluding carboxylic acids is 2. The van der Waals surface area contributed by atoms with Gasteiger partial charge in [-0.15, -0.1) is 0 Å². The maximum Gasteiger partial charge on any atom is 0.271 e. The van der Waals surface area contributed by atoms with E-state index >= 15 is 0 Å². The van der Waals surface area contributed by atoms with Crippen LogP contribution in [0.5, 0.6) is 5.75 Å². The highest BCUT2D eigenvalue weighted by Gasteiger charge is 2.13. The van der Waals surface area contributed by atoms with Crippen LogP contribution in [0.25, 0.3) is 6.08 Å². The third kappa shape index (κ3) is 5.40. The van der Waals surface area contributed by atoms with Crippen LogP contribution >= 0.6 is 0 Å². The van der Waals surface area contributed by atoms with Crippen LogP contribution in [0.1, 0.15) is 5.56 Å². The van der Waals surface area contributed by atoms with Gasteiger partial charge in [-0.05, 0) is 18.2 Å². The third-order valence-electron chi connectivity index (χ3n) is 3.27. The lowest BCUT2D eigenvalue weighted by Gasteiger charge is -2.08. The average Bonchev–Trinajstić information content (AvgIpc) is 2.65. The molecular formula is C18H14N4O5. The Morgan fingerprint density at radius 1 is 1.26 bits per heavy atom. The highest BCUT2D eigenvalue weighted by molar-refractivity contribution is 6.09. The average molecular weight is 366 g/mol. The smallest absolute Gasteiger partial charge is 0.271 e. The highest BCUT2D eigenvalue weighted by Crippen LogP contribution is 2.22. The zero-order valence-corrected chi connectivity index (χ0v) is 13.9. The van der Waals surface area contributed by atoms with Crippen molar-refractivity contribution in [3.05, 3.63) is 69.8 Å². The molecule has 0 aromatic heterocycles. The largest absolute Gasteiger partial charge is 0.483 e. The van der Waals surface area contributed by atoms with Crippen molar-refractivity contribution in [3.63, 3.8) is 0 Å². The fraction of sp³-hybridized carbons (Fsp3) is 0.0556. The number of rotatable bonds is 7. The number of nitriles is 1. The second kappa shape index (κ2) is 8.77. The lowest BCUT2D eigenvalue weighted by atomic mass is 10.1. The summed E-state index contributed by atoms with van der Waals surface area (Å²) >= 11 is 0. The molecule has 0 radical (unpaired) electrons. The zero-order chi connectivity index (χ0) is 19.8. The molecule has 2 aromatic carbocycles. The summed E-state index contributed by atoms with van der Waals surface area (Å²) in [5.41, 5.74) is 5.16. The number of nitrogens with one attached hydrogen (secondary N) is 1. The number of hydrogen-bond acceptors (Lipinski definition) is 6. The third-order valence-corrected chi connectivity index (χ3v) is 3.27. The molecule has 136 valence electrons. The number of para-hydroxylation sites is 1. The molecule has 0 fully saturated rings. The van der Waals surface area contributed by atoms with Crippen molar-refractivity contribution in [2.45, 2.75) is 0 Å². The molecule has 9 heteroatoms. The van der Waals surface area contributed by atoms with Gasteiger partial charge in [-0.2, -0.15) is 5.26 Å². The van der Waals surface area contributed by atoms with Crippen molar-refractivity contribution in [2.24, 2.45) is 5.73 Å². The molecule has 2 aromatic rings. The lowest BCUT2D eigenvalue weighted by molar-refractivity contribution is -0.384. The normalized spacial score (nSPS) is 10.6. The van der Waals surface area contributed by atoms with Gasteiger partial charge in [0.05, 0.1) is 4.92 Å². The quantitative estimate of drug-likeness (QED) is 0.331. The number of hydrogen-bond donors (Lipinski definition) is 2. The van der Waals surface area contributed by atoms with Gasteiger partial charge in [0, 0.05) is 23.4 Å². The molecule has 0 saturated heterocycles. The number of nitro groups is 1. The first kappa shape index (κ1) is 19.1. The molecule has 0 aliphatic rings. The number of benzene rings is 2. The van der Waals surface area contributed by atoms with Crippen LogP contribution in [0.3, 0.4) is 0 Å². The van der Waals surface area contributed by atoms with E-state index in [0.29, 0.717) is 5.56 Å². The molecule has 27 heavy (non-hydrogen) atoms. The fourth-order valence-electron chi connectivity index (χ4n) is 2.08. The molecular weight excluding hydrogens is 352 g/mol. The number of anilines is 1. The van der Waals surface area contributed by atoms with E-state index in [9.17, 15) is 25.0 Å². The van der Waals surface area contributed by atoms with Gasteiger partial charge in [0.2, 0.25) is 0 Å².